The van der Waals surface area contributed by atoms with E-state index in [-0.39, 0.29) is 17.4 Å². The lowest BCUT2D eigenvalue weighted by Gasteiger charge is -2.17. The first-order chi connectivity index (χ1) is 8.96. The SMILES string of the molecule is CCN(CC)CCOC(=O)NCC1CCS(=O)(=O)C1. The number of nitrogens with zero attached hydrogens (tertiary/aromatic N) is 1. The molecule has 0 aliphatic carbocycles. The molecule has 19 heavy (non-hydrogen) atoms. The maximum absolute atomic E-state index is 11.4. The number of amides is 1. The summed E-state index contributed by atoms with van der Waals surface area (Å²) in [4.78, 5) is 13.6. The molecule has 1 fully saturated rings. The van der Waals surface area contributed by atoms with Crippen LogP contribution in [0.4, 0.5) is 4.79 Å². The van der Waals surface area contributed by atoms with Gasteiger partial charge in [0, 0.05) is 13.1 Å². The molecule has 0 aromatic heterocycles. The third-order valence-corrected chi connectivity index (χ3v) is 5.23. The van der Waals surface area contributed by atoms with E-state index in [0.717, 1.165) is 19.6 Å². The fraction of sp³-hybridized carbons (Fsp3) is 0.917. The van der Waals surface area contributed by atoms with Gasteiger partial charge in [0.25, 0.3) is 0 Å². The molecule has 0 radical (unpaired) electrons. The fourth-order valence-corrected chi connectivity index (χ4v) is 3.98. The van der Waals surface area contributed by atoms with Crippen LogP contribution in [0.3, 0.4) is 0 Å². The van der Waals surface area contributed by atoms with Crippen molar-refractivity contribution in [2.24, 2.45) is 5.92 Å². The number of rotatable bonds is 7. The molecule has 0 aromatic carbocycles. The first-order valence-corrected chi connectivity index (χ1v) is 8.62. The lowest BCUT2D eigenvalue weighted by atomic mass is 10.1. The molecule has 0 bridgehead atoms. The highest BCUT2D eigenvalue weighted by Crippen LogP contribution is 2.17. The zero-order valence-corrected chi connectivity index (χ0v) is 12.5. The van der Waals surface area contributed by atoms with Gasteiger partial charge in [-0.15, -0.1) is 0 Å². The molecule has 1 saturated heterocycles. The fourth-order valence-electron chi connectivity index (χ4n) is 2.12. The van der Waals surface area contributed by atoms with E-state index in [1.807, 2.05) is 0 Å². The second kappa shape index (κ2) is 7.69. The van der Waals surface area contributed by atoms with Crippen LogP contribution in [0.25, 0.3) is 0 Å². The average molecular weight is 292 g/mol. The smallest absolute Gasteiger partial charge is 0.407 e. The molecule has 1 unspecified atom stereocenters. The predicted molar refractivity (Wildman–Crippen MR) is 73.9 cm³/mol. The number of hydrogen-bond donors (Lipinski definition) is 1. The summed E-state index contributed by atoms with van der Waals surface area (Å²) in [5, 5.41) is 2.63. The molecule has 1 amide bonds. The number of carbonyl (C=O) groups is 1. The molecule has 1 atom stereocenters. The van der Waals surface area contributed by atoms with Crippen LogP contribution in [-0.4, -0.2) is 63.7 Å². The van der Waals surface area contributed by atoms with Crippen molar-refractivity contribution in [3.63, 3.8) is 0 Å². The van der Waals surface area contributed by atoms with Crippen LogP contribution in [0.15, 0.2) is 0 Å². The largest absolute Gasteiger partial charge is 0.448 e. The van der Waals surface area contributed by atoms with Gasteiger partial charge in [-0.2, -0.15) is 0 Å². The van der Waals surface area contributed by atoms with E-state index in [2.05, 4.69) is 24.1 Å². The van der Waals surface area contributed by atoms with Gasteiger partial charge in [0.15, 0.2) is 9.84 Å². The Labute approximate surface area is 115 Å². The van der Waals surface area contributed by atoms with Crippen LogP contribution >= 0.6 is 0 Å². The van der Waals surface area contributed by atoms with Crippen molar-refractivity contribution in [2.75, 3.05) is 44.3 Å². The average Bonchev–Trinajstić information content (AvgIpc) is 2.72. The Morgan fingerprint density at radius 3 is 2.58 bits per heavy atom. The van der Waals surface area contributed by atoms with Crippen LogP contribution < -0.4 is 5.32 Å². The number of sulfone groups is 1. The van der Waals surface area contributed by atoms with Crippen LogP contribution in [-0.2, 0) is 14.6 Å². The molecule has 0 spiro atoms. The van der Waals surface area contributed by atoms with Crippen molar-refractivity contribution in [3.05, 3.63) is 0 Å². The maximum Gasteiger partial charge on any atom is 0.407 e. The minimum absolute atomic E-state index is 0.0281. The molecule has 112 valence electrons. The van der Waals surface area contributed by atoms with Crippen LogP contribution in [0.2, 0.25) is 0 Å². The summed E-state index contributed by atoms with van der Waals surface area (Å²) in [7, 11) is -2.88. The van der Waals surface area contributed by atoms with Gasteiger partial charge in [-0.3, -0.25) is 0 Å². The first kappa shape index (κ1) is 16.2. The molecular formula is C12H24N2O4S. The highest BCUT2D eigenvalue weighted by molar-refractivity contribution is 7.91. The van der Waals surface area contributed by atoms with Crippen molar-refractivity contribution >= 4 is 15.9 Å². The van der Waals surface area contributed by atoms with E-state index in [1.165, 1.54) is 0 Å². The molecule has 1 aliphatic heterocycles. The van der Waals surface area contributed by atoms with Gasteiger partial charge in [-0.1, -0.05) is 13.8 Å². The summed E-state index contributed by atoms with van der Waals surface area (Å²) in [5.41, 5.74) is 0. The minimum atomic E-state index is -2.88. The molecule has 0 aromatic rings. The summed E-state index contributed by atoms with van der Waals surface area (Å²) < 4.78 is 27.5. The Hall–Kier alpha value is -0.820. The zero-order valence-electron chi connectivity index (χ0n) is 11.7. The lowest BCUT2D eigenvalue weighted by Crippen LogP contribution is -2.33. The molecule has 1 N–H and O–H groups in total. The van der Waals surface area contributed by atoms with Crippen molar-refractivity contribution in [3.8, 4) is 0 Å². The topological polar surface area (TPSA) is 75.7 Å². The van der Waals surface area contributed by atoms with Gasteiger partial charge >= 0.3 is 6.09 Å². The standard InChI is InChI=1S/C12H24N2O4S/c1-3-14(4-2)6-7-18-12(15)13-9-11-5-8-19(16,17)10-11/h11H,3-10H2,1-2H3,(H,13,15). The summed E-state index contributed by atoms with van der Waals surface area (Å²) in [6, 6.07) is 0. The summed E-state index contributed by atoms with van der Waals surface area (Å²) in [6.07, 6.45) is 0.165. The molecule has 0 saturated carbocycles. The summed E-state index contributed by atoms with van der Waals surface area (Å²) >= 11 is 0. The van der Waals surface area contributed by atoms with Crippen molar-refractivity contribution in [1.29, 1.82) is 0 Å². The number of nitrogens with one attached hydrogen (secondary N) is 1. The van der Waals surface area contributed by atoms with E-state index < -0.39 is 15.9 Å². The lowest BCUT2D eigenvalue weighted by molar-refractivity contribution is 0.128. The highest BCUT2D eigenvalue weighted by atomic mass is 32.2. The highest BCUT2D eigenvalue weighted by Gasteiger charge is 2.27. The van der Waals surface area contributed by atoms with Crippen molar-refractivity contribution in [1.82, 2.24) is 10.2 Å². The number of carbonyl (C=O) groups excluding carboxylic acids is 1. The number of ether oxygens (including phenoxy) is 1. The summed E-state index contributed by atoms with van der Waals surface area (Å²) in [6.45, 7) is 7.44. The summed E-state index contributed by atoms with van der Waals surface area (Å²) in [5.74, 6) is 0.434. The van der Waals surface area contributed by atoms with Gasteiger partial charge in [0.05, 0.1) is 11.5 Å². The molecule has 1 rings (SSSR count). The molecule has 1 aliphatic rings. The van der Waals surface area contributed by atoms with Gasteiger partial charge < -0.3 is 15.0 Å². The minimum Gasteiger partial charge on any atom is -0.448 e. The third kappa shape index (κ3) is 6.24. The Balaban J connectivity index is 2.12. The quantitative estimate of drug-likeness (QED) is 0.739. The Kier molecular flexibility index (Phi) is 6.57. The Morgan fingerprint density at radius 2 is 2.05 bits per heavy atom. The molecule has 6 nitrogen and oxygen atoms in total. The third-order valence-electron chi connectivity index (χ3n) is 3.40. The van der Waals surface area contributed by atoms with Gasteiger partial charge in [0.2, 0.25) is 0 Å². The second-order valence-corrected chi connectivity index (χ2v) is 7.04. The van der Waals surface area contributed by atoms with E-state index in [0.29, 0.717) is 19.6 Å². The van der Waals surface area contributed by atoms with Crippen molar-refractivity contribution < 1.29 is 17.9 Å². The van der Waals surface area contributed by atoms with Crippen LogP contribution in [0.5, 0.6) is 0 Å². The van der Waals surface area contributed by atoms with Gasteiger partial charge in [0.1, 0.15) is 6.61 Å². The molecule has 7 heteroatoms. The van der Waals surface area contributed by atoms with Gasteiger partial charge in [-0.05, 0) is 25.4 Å². The monoisotopic (exact) mass is 292 g/mol. The normalized spacial score (nSPS) is 21.5. The molecular weight excluding hydrogens is 268 g/mol. The van der Waals surface area contributed by atoms with Crippen LogP contribution in [0, 0.1) is 5.92 Å². The number of hydrogen-bond acceptors (Lipinski definition) is 5. The van der Waals surface area contributed by atoms with E-state index in [9.17, 15) is 13.2 Å². The molecule has 1 heterocycles. The maximum atomic E-state index is 11.4. The zero-order chi connectivity index (χ0) is 14.3. The van der Waals surface area contributed by atoms with E-state index in [1.54, 1.807) is 0 Å². The van der Waals surface area contributed by atoms with E-state index >= 15 is 0 Å². The van der Waals surface area contributed by atoms with Crippen molar-refractivity contribution in [2.45, 2.75) is 20.3 Å². The number of likely N-dealkylation sites (N-methyl/N-ethyl adjacent to an activating group) is 1. The Bertz CT molecular complexity index is 379. The van der Waals surface area contributed by atoms with E-state index in [4.69, 9.17) is 4.74 Å². The van der Waals surface area contributed by atoms with Gasteiger partial charge in [-0.25, -0.2) is 13.2 Å². The number of alkyl carbamates (subject to hydrolysis) is 1. The predicted octanol–water partition coefficient (Wildman–Crippen LogP) is 0.489. The first-order valence-electron chi connectivity index (χ1n) is 6.80. The van der Waals surface area contributed by atoms with Crippen LogP contribution in [0.1, 0.15) is 20.3 Å². The second-order valence-electron chi connectivity index (χ2n) is 4.81. The Morgan fingerprint density at radius 1 is 1.37 bits per heavy atom.